The van der Waals surface area contributed by atoms with Crippen LogP contribution in [-0.4, -0.2) is 16.1 Å². The number of aromatic nitrogens is 1. The molecule has 1 rings (SSSR count). The van der Waals surface area contributed by atoms with Crippen molar-refractivity contribution in [2.24, 2.45) is 0 Å². The van der Waals surface area contributed by atoms with Crippen LogP contribution in [-0.2, 0) is 4.79 Å². The van der Waals surface area contributed by atoms with Gasteiger partial charge in [0, 0.05) is 18.5 Å². The van der Waals surface area contributed by atoms with Crippen molar-refractivity contribution in [2.75, 3.05) is 0 Å². The number of carboxylic acid groups (broad SMARTS) is 1. The van der Waals surface area contributed by atoms with Gasteiger partial charge in [-0.05, 0) is 11.6 Å². The Hall–Kier alpha value is -1.77. The molecule has 62 valence electrons. The zero-order valence-electron chi connectivity index (χ0n) is 6.40. The first kappa shape index (κ1) is 8.33. The van der Waals surface area contributed by atoms with Gasteiger partial charge in [-0.3, -0.25) is 0 Å². The highest BCUT2D eigenvalue weighted by Gasteiger charge is 1.83. The molecule has 0 aromatic carbocycles. The number of hydrogen-bond donors (Lipinski definition) is 2. The zero-order chi connectivity index (χ0) is 8.81. The maximum Gasteiger partial charge on any atom is 0.328 e. The van der Waals surface area contributed by atoms with Crippen molar-refractivity contribution < 1.29 is 9.90 Å². The van der Waals surface area contributed by atoms with Crippen molar-refractivity contribution in [3.8, 4) is 0 Å². The van der Waals surface area contributed by atoms with E-state index in [4.69, 9.17) is 5.11 Å². The Morgan fingerprint density at radius 1 is 1.50 bits per heavy atom. The fraction of sp³-hybridized carbons (Fsp3) is 0. The van der Waals surface area contributed by atoms with Crippen LogP contribution < -0.4 is 0 Å². The third-order valence-electron chi connectivity index (χ3n) is 1.26. The van der Waals surface area contributed by atoms with Gasteiger partial charge in [-0.25, -0.2) is 4.79 Å². The summed E-state index contributed by atoms with van der Waals surface area (Å²) in [6, 6.07) is 1.89. The smallest absolute Gasteiger partial charge is 0.328 e. The molecule has 0 unspecified atom stereocenters. The quantitative estimate of drug-likeness (QED) is 0.526. The molecule has 0 amide bonds. The van der Waals surface area contributed by atoms with E-state index in [-0.39, 0.29) is 0 Å². The fourth-order valence-electron chi connectivity index (χ4n) is 0.745. The third-order valence-corrected chi connectivity index (χ3v) is 1.26. The molecule has 0 saturated heterocycles. The van der Waals surface area contributed by atoms with Gasteiger partial charge in [-0.1, -0.05) is 18.2 Å². The first-order chi connectivity index (χ1) is 5.79. The van der Waals surface area contributed by atoms with E-state index < -0.39 is 5.97 Å². The highest BCUT2D eigenvalue weighted by molar-refractivity contribution is 5.80. The lowest BCUT2D eigenvalue weighted by molar-refractivity contribution is -0.131. The maximum absolute atomic E-state index is 10.0. The Balaban J connectivity index is 2.47. The molecule has 0 spiro atoms. The second-order valence-electron chi connectivity index (χ2n) is 2.20. The highest BCUT2D eigenvalue weighted by Crippen LogP contribution is 1.98. The number of nitrogens with one attached hydrogen (secondary N) is 1. The molecule has 0 saturated carbocycles. The average molecular weight is 163 g/mol. The van der Waals surface area contributed by atoms with Gasteiger partial charge in [0.15, 0.2) is 0 Å². The molecule has 0 atom stereocenters. The van der Waals surface area contributed by atoms with Crippen LogP contribution in [0.1, 0.15) is 5.56 Å². The van der Waals surface area contributed by atoms with Crippen LogP contribution in [0, 0.1) is 0 Å². The summed E-state index contributed by atoms with van der Waals surface area (Å²) in [4.78, 5) is 12.9. The van der Waals surface area contributed by atoms with Crippen molar-refractivity contribution in [2.45, 2.75) is 0 Å². The monoisotopic (exact) mass is 163 g/mol. The van der Waals surface area contributed by atoms with E-state index in [0.717, 1.165) is 11.6 Å². The molecule has 0 fully saturated rings. The number of aromatic amines is 1. The van der Waals surface area contributed by atoms with Crippen LogP contribution in [0.5, 0.6) is 0 Å². The summed E-state index contributed by atoms with van der Waals surface area (Å²) in [7, 11) is 0. The predicted molar refractivity (Wildman–Crippen MR) is 46.6 cm³/mol. The third kappa shape index (κ3) is 2.88. The molecule has 12 heavy (non-hydrogen) atoms. The lowest BCUT2D eigenvalue weighted by Crippen LogP contribution is -1.84. The lowest BCUT2D eigenvalue weighted by Gasteiger charge is -1.78. The van der Waals surface area contributed by atoms with E-state index in [1.165, 1.54) is 6.08 Å². The SMILES string of the molecule is O=C(O)C=CC=Cc1cc[nH]c1. The summed E-state index contributed by atoms with van der Waals surface area (Å²) in [6.07, 6.45) is 9.69. The van der Waals surface area contributed by atoms with E-state index in [1.54, 1.807) is 12.3 Å². The van der Waals surface area contributed by atoms with E-state index in [0.29, 0.717) is 0 Å². The van der Waals surface area contributed by atoms with E-state index in [9.17, 15) is 4.79 Å². The number of H-pyrrole nitrogens is 1. The molecular weight excluding hydrogens is 154 g/mol. The molecule has 3 heteroatoms. The topological polar surface area (TPSA) is 53.1 Å². The Labute approximate surface area is 70.0 Å². The van der Waals surface area contributed by atoms with Crippen LogP contribution >= 0.6 is 0 Å². The molecule has 0 radical (unpaired) electrons. The minimum atomic E-state index is -0.936. The summed E-state index contributed by atoms with van der Waals surface area (Å²) < 4.78 is 0. The van der Waals surface area contributed by atoms with E-state index in [1.807, 2.05) is 18.3 Å². The molecule has 0 aliphatic heterocycles. The number of rotatable bonds is 3. The lowest BCUT2D eigenvalue weighted by atomic mass is 10.3. The predicted octanol–water partition coefficient (Wildman–Crippen LogP) is 1.67. The van der Waals surface area contributed by atoms with Gasteiger partial charge in [0.2, 0.25) is 0 Å². The number of hydrogen-bond acceptors (Lipinski definition) is 1. The van der Waals surface area contributed by atoms with Crippen LogP contribution in [0.2, 0.25) is 0 Å². The van der Waals surface area contributed by atoms with Crippen LogP contribution in [0.4, 0.5) is 0 Å². The summed E-state index contributed by atoms with van der Waals surface area (Å²) >= 11 is 0. The Morgan fingerprint density at radius 3 is 2.92 bits per heavy atom. The Kier molecular flexibility index (Phi) is 2.90. The second kappa shape index (κ2) is 4.18. The number of allylic oxidation sites excluding steroid dienone is 2. The molecule has 2 N–H and O–H groups in total. The van der Waals surface area contributed by atoms with Crippen LogP contribution in [0.3, 0.4) is 0 Å². The van der Waals surface area contributed by atoms with Gasteiger partial charge in [0.25, 0.3) is 0 Å². The molecule has 0 aliphatic carbocycles. The largest absolute Gasteiger partial charge is 0.478 e. The highest BCUT2D eigenvalue weighted by atomic mass is 16.4. The average Bonchev–Trinajstić information content (AvgIpc) is 2.49. The normalized spacial score (nSPS) is 11.3. The van der Waals surface area contributed by atoms with E-state index in [2.05, 4.69) is 4.98 Å². The zero-order valence-corrected chi connectivity index (χ0v) is 6.40. The van der Waals surface area contributed by atoms with Gasteiger partial charge in [0.1, 0.15) is 0 Å². The molecule has 1 aromatic rings. The molecular formula is C9H9NO2. The van der Waals surface area contributed by atoms with Crippen molar-refractivity contribution >= 4 is 12.0 Å². The van der Waals surface area contributed by atoms with Gasteiger partial charge in [-0.15, -0.1) is 0 Å². The summed E-state index contributed by atoms with van der Waals surface area (Å²) in [6.45, 7) is 0. The van der Waals surface area contributed by atoms with Crippen molar-refractivity contribution in [1.29, 1.82) is 0 Å². The van der Waals surface area contributed by atoms with Crippen molar-refractivity contribution in [3.05, 3.63) is 42.3 Å². The molecule has 0 bridgehead atoms. The van der Waals surface area contributed by atoms with Crippen molar-refractivity contribution in [1.82, 2.24) is 4.98 Å². The second-order valence-corrected chi connectivity index (χ2v) is 2.20. The molecule has 3 nitrogen and oxygen atoms in total. The van der Waals surface area contributed by atoms with Gasteiger partial charge < -0.3 is 10.1 Å². The van der Waals surface area contributed by atoms with E-state index >= 15 is 0 Å². The minimum Gasteiger partial charge on any atom is -0.478 e. The van der Waals surface area contributed by atoms with Crippen LogP contribution in [0.25, 0.3) is 6.08 Å². The summed E-state index contributed by atoms with van der Waals surface area (Å²) in [5, 5.41) is 8.24. The Bertz CT molecular complexity index is 296. The number of carbonyl (C=O) groups is 1. The number of carboxylic acids is 1. The molecule has 1 aromatic heterocycles. The number of aliphatic carboxylic acids is 1. The van der Waals surface area contributed by atoms with Gasteiger partial charge >= 0.3 is 5.97 Å². The standard InChI is InChI=1S/C9H9NO2/c11-9(12)4-2-1-3-8-5-6-10-7-8/h1-7,10H,(H,11,12). The summed E-state index contributed by atoms with van der Waals surface area (Å²) in [5.41, 5.74) is 1.02. The first-order valence-corrected chi connectivity index (χ1v) is 3.49. The molecule has 0 aliphatic rings. The first-order valence-electron chi connectivity index (χ1n) is 3.49. The van der Waals surface area contributed by atoms with Crippen molar-refractivity contribution in [3.63, 3.8) is 0 Å². The maximum atomic E-state index is 10.0. The van der Waals surface area contributed by atoms with Crippen LogP contribution in [0.15, 0.2) is 36.7 Å². The Morgan fingerprint density at radius 2 is 2.33 bits per heavy atom. The van der Waals surface area contributed by atoms with Gasteiger partial charge in [0.05, 0.1) is 0 Å². The minimum absolute atomic E-state index is 0.936. The summed E-state index contributed by atoms with van der Waals surface area (Å²) in [5.74, 6) is -0.936. The molecule has 1 heterocycles. The van der Waals surface area contributed by atoms with Gasteiger partial charge in [-0.2, -0.15) is 0 Å². The fourth-order valence-corrected chi connectivity index (χ4v) is 0.745.